The maximum absolute atomic E-state index is 12.7. The summed E-state index contributed by atoms with van der Waals surface area (Å²) in [6, 6.07) is 17.7. The van der Waals surface area contributed by atoms with Crippen LogP contribution in [-0.4, -0.2) is 27.9 Å². The van der Waals surface area contributed by atoms with Crippen LogP contribution < -0.4 is 0 Å². The van der Waals surface area contributed by atoms with E-state index in [9.17, 15) is 19.5 Å². The highest BCUT2D eigenvalue weighted by atomic mass is 16.4. The van der Waals surface area contributed by atoms with Crippen LogP contribution >= 0.6 is 0 Å². The molecule has 0 aliphatic heterocycles. The molecule has 0 saturated heterocycles. The molecule has 0 aliphatic carbocycles. The van der Waals surface area contributed by atoms with E-state index in [1.54, 1.807) is 6.92 Å². The van der Waals surface area contributed by atoms with Crippen molar-refractivity contribution in [3.63, 3.8) is 0 Å². The Balaban J connectivity index is 2.05. The molecule has 2 N–H and O–H groups in total. The third-order valence-electron chi connectivity index (χ3n) is 5.15. The lowest BCUT2D eigenvalue weighted by molar-refractivity contribution is -0.142. The summed E-state index contributed by atoms with van der Waals surface area (Å²) in [6.45, 7) is 3.45. The Morgan fingerprint density at radius 1 is 0.828 bits per heavy atom. The summed E-state index contributed by atoms with van der Waals surface area (Å²) in [4.78, 5) is 35.0. The van der Waals surface area contributed by atoms with Crippen molar-refractivity contribution >= 4 is 17.7 Å². The molecule has 2 unspecified atom stereocenters. The number of aliphatic carboxylic acids is 2. The molecule has 154 valence electrons. The molecule has 2 rings (SSSR count). The van der Waals surface area contributed by atoms with Crippen LogP contribution in [0.3, 0.4) is 0 Å². The zero-order valence-corrected chi connectivity index (χ0v) is 16.9. The van der Waals surface area contributed by atoms with E-state index in [-0.39, 0.29) is 24.5 Å². The van der Waals surface area contributed by atoms with Crippen molar-refractivity contribution in [1.82, 2.24) is 0 Å². The quantitative estimate of drug-likeness (QED) is 0.575. The number of Topliss-reactive ketones (excluding diaryl/α,β-unsaturated/α-hetero) is 1. The fraction of sp³-hybridized carbons (Fsp3) is 0.375. The Kier molecular flexibility index (Phi) is 8.13. The molecule has 0 fully saturated rings. The number of carboxylic acids is 2. The van der Waals surface area contributed by atoms with E-state index in [0.29, 0.717) is 12.8 Å². The number of carbonyl (C=O) groups excluding carboxylic acids is 1. The summed E-state index contributed by atoms with van der Waals surface area (Å²) >= 11 is 0. The molecular formula is C24H28O5. The monoisotopic (exact) mass is 396 g/mol. The zero-order chi connectivity index (χ0) is 21.4. The first-order valence-corrected chi connectivity index (χ1v) is 9.88. The van der Waals surface area contributed by atoms with Crippen molar-refractivity contribution in [3.8, 4) is 11.1 Å². The third-order valence-corrected chi connectivity index (χ3v) is 5.15. The summed E-state index contributed by atoms with van der Waals surface area (Å²) < 4.78 is 0. The Bertz CT molecular complexity index is 826. The summed E-state index contributed by atoms with van der Waals surface area (Å²) in [5, 5.41) is 18.3. The van der Waals surface area contributed by atoms with Gasteiger partial charge in [-0.25, -0.2) is 0 Å². The van der Waals surface area contributed by atoms with Gasteiger partial charge in [-0.1, -0.05) is 68.4 Å². The van der Waals surface area contributed by atoms with Gasteiger partial charge in [-0.15, -0.1) is 0 Å². The van der Waals surface area contributed by atoms with Gasteiger partial charge in [0, 0.05) is 12.3 Å². The topological polar surface area (TPSA) is 91.7 Å². The highest BCUT2D eigenvalue weighted by Crippen LogP contribution is 2.24. The highest BCUT2D eigenvalue weighted by Gasteiger charge is 2.25. The van der Waals surface area contributed by atoms with Crippen molar-refractivity contribution in [2.75, 3.05) is 0 Å². The molecule has 0 aromatic heterocycles. The van der Waals surface area contributed by atoms with Crippen LogP contribution in [0.5, 0.6) is 0 Å². The summed E-state index contributed by atoms with van der Waals surface area (Å²) in [6.07, 6.45) is 0.728. The molecule has 0 aliphatic rings. The minimum absolute atomic E-state index is 0.106. The fourth-order valence-corrected chi connectivity index (χ4v) is 3.56. The second-order valence-corrected chi connectivity index (χ2v) is 7.81. The predicted octanol–water partition coefficient (Wildman–Crippen LogP) is 4.69. The van der Waals surface area contributed by atoms with E-state index < -0.39 is 23.8 Å². The fourth-order valence-electron chi connectivity index (χ4n) is 3.56. The number of carboxylic acid groups (broad SMARTS) is 2. The van der Waals surface area contributed by atoms with Crippen LogP contribution in [0.1, 0.15) is 38.7 Å². The first-order valence-electron chi connectivity index (χ1n) is 9.88. The smallest absolute Gasteiger partial charge is 0.306 e. The number of hydrogen-bond donors (Lipinski definition) is 2. The maximum atomic E-state index is 12.7. The van der Waals surface area contributed by atoms with E-state index >= 15 is 0 Å². The van der Waals surface area contributed by atoms with Crippen molar-refractivity contribution < 1.29 is 24.6 Å². The SMILES string of the molecule is CC(C[C@@H](C)CC(=O)C(CC(=O)O)Cc1ccc(-c2ccccc2)cc1)C(=O)O. The van der Waals surface area contributed by atoms with E-state index in [1.165, 1.54) is 0 Å². The van der Waals surface area contributed by atoms with Gasteiger partial charge >= 0.3 is 11.9 Å². The Morgan fingerprint density at radius 2 is 1.41 bits per heavy atom. The van der Waals surface area contributed by atoms with Crippen LogP contribution in [0.25, 0.3) is 11.1 Å². The van der Waals surface area contributed by atoms with Gasteiger partial charge < -0.3 is 10.2 Å². The highest BCUT2D eigenvalue weighted by molar-refractivity contribution is 5.85. The molecule has 2 aromatic rings. The second-order valence-electron chi connectivity index (χ2n) is 7.81. The van der Waals surface area contributed by atoms with Crippen molar-refractivity contribution in [3.05, 3.63) is 60.2 Å². The summed E-state index contributed by atoms with van der Waals surface area (Å²) in [5.41, 5.74) is 3.07. The Hall–Kier alpha value is -2.95. The van der Waals surface area contributed by atoms with Gasteiger partial charge in [-0.05, 0) is 35.4 Å². The van der Waals surface area contributed by atoms with E-state index in [2.05, 4.69) is 0 Å². The molecule has 5 heteroatoms. The van der Waals surface area contributed by atoms with Crippen LogP contribution in [0, 0.1) is 17.8 Å². The average Bonchev–Trinajstić information content (AvgIpc) is 2.68. The van der Waals surface area contributed by atoms with Crippen LogP contribution in [0.15, 0.2) is 54.6 Å². The normalized spacial score (nSPS) is 14.0. The van der Waals surface area contributed by atoms with E-state index in [0.717, 1.165) is 16.7 Å². The molecular weight excluding hydrogens is 368 g/mol. The minimum atomic E-state index is -1.00. The van der Waals surface area contributed by atoms with Gasteiger partial charge in [0.15, 0.2) is 0 Å². The maximum Gasteiger partial charge on any atom is 0.306 e. The van der Waals surface area contributed by atoms with Crippen molar-refractivity contribution in [1.29, 1.82) is 0 Å². The molecule has 3 atom stereocenters. The first kappa shape index (κ1) is 22.3. The van der Waals surface area contributed by atoms with Crippen LogP contribution in [-0.2, 0) is 20.8 Å². The molecule has 0 heterocycles. The lowest BCUT2D eigenvalue weighted by atomic mass is 9.85. The summed E-state index contributed by atoms with van der Waals surface area (Å²) in [5.74, 6) is -3.26. The lowest BCUT2D eigenvalue weighted by Crippen LogP contribution is -2.24. The largest absolute Gasteiger partial charge is 0.481 e. The molecule has 0 saturated carbocycles. The predicted molar refractivity (Wildman–Crippen MR) is 112 cm³/mol. The average molecular weight is 396 g/mol. The first-order chi connectivity index (χ1) is 13.8. The minimum Gasteiger partial charge on any atom is -0.481 e. The molecule has 0 amide bonds. The lowest BCUT2D eigenvalue weighted by Gasteiger charge is -2.18. The van der Waals surface area contributed by atoms with Gasteiger partial charge in [0.05, 0.1) is 12.3 Å². The number of ketones is 1. The Labute approximate surface area is 171 Å². The number of carbonyl (C=O) groups is 3. The van der Waals surface area contributed by atoms with Gasteiger partial charge in [-0.2, -0.15) is 0 Å². The van der Waals surface area contributed by atoms with Crippen molar-refractivity contribution in [2.24, 2.45) is 17.8 Å². The van der Waals surface area contributed by atoms with Gasteiger partial charge in [0.25, 0.3) is 0 Å². The third kappa shape index (κ3) is 7.18. The second kappa shape index (κ2) is 10.6. The van der Waals surface area contributed by atoms with Crippen LogP contribution in [0.2, 0.25) is 0 Å². The molecule has 5 nitrogen and oxygen atoms in total. The standard InChI is InChI=1S/C24H28O5/c1-16(12-17(2)24(28)29)13-22(25)21(15-23(26)27)14-18-8-10-20(11-9-18)19-6-4-3-5-7-19/h3-11,16-17,21H,12-15H2,1-2H3,(H,26,27)(H,28,29)/t16-,17?,21?/m1/s1. The number of benzene rings is 2. The summed E-state index contributed by atoms with van der Waals surface area (Å²) in [7, 11) is 0. The molecule has 0 bridgehead atoms. The van der Waals surface area contributed by atoms with Gasteiger partial charge in [0.2, 0.25) is 0 Å². The van der Waals surface area contributed by atoms with E-state index in [4.69, 9.17) is 5.11 Å². The van der Waals surface area contributed by atoms with Gasteiger partial charge in [0.1, 0.15) is 5.78 Å². The molecule has 0 radical (unpaired) electrons. The van der Waals surface area contributed by atoms with E-state index in [1.807, 2.05) is 61.5 Å². The number of hydrogen-bond acceptors (Lipinski definition) is 3. The molecule has 2 aromatic carbocycles. The van der Waals surface area contributed by atoms with Crippen LogP contribution in [0.4, 0.5) is 0 Å². The molecule has 0 spiro atoms. The van der Waals surface area contributed by atoms with Gasteiger partial charge in [-0.3, -0.25) is 14.4 Å². The van der Waals surface area contributed by atoms with Crippen molar-refractivity contribution in [2.45, 2.75) is 39.5 Å². The zero-order valence-electron chi connectivity index (χ0n) is 16.9. The Morgan fingerprint density at radius 3 is 1.97 bits per heavy atom. The number of rotatable bonds is 11. The molecule has 29 heavy (non-hydrogen) atoms.